The second-order valence-electron chi connectivity index (χ2n) is 18.2. The number of piperidine rings is 2. The quantitative estimate of drug-likeness (QED) is 0.0876. The fourth-order valence-electron chi connectivity index (χ4n) is 9.98. The lowest BCUT2D eigenvalue weighted by Gasteiger charge is -2.38. The number of benzene rings is 3. The Morgan fingerprint density at radius 2 is 1.55 bits per heavy atom. The van der Waals surface area contributed by atoms with Crippen LogP contribution in [0, 0.1) is 11.7 Å². The number of hydrogen-bond acceptors (Lipinski definition) is 18. The first-order valence-electron chi connectivity index (χ1n) is 23.7. The summed E-state index contributed by atoms with van der Waals surface area (Å²) in [4.78, 5) is 89.6. The number of aryl methyl sites for hydroxylation is 1. The molecule has 3 saturated heterocycles. The van der Waals surface area contributed by atoms with Crippen LogP contribution in [0.5, 0.6) is 5.75 Å². The van der Waals surface area contributed by atoms with Crippen molar-refractivity contribution in [3.63, 3.8) is 0 Å². The van der Waals surface area contributed by atoms with E-state index in [-0.39, 0.29) is 52.7 Å². The summed E-state index contributed by atoms with van der Waals surface area (Å²) in [5.74, 6) is -2.20. The Hall–Kier alpha value is -7.40. The highest BCUT2D eigenvalue weighted by molar-refractivity contribution is 9.10. The largest absolute Gasteiger partial charge is 0.494 e. The van der Waals surface area contributed by atoms with Gasteiger partial charge in [0.25, 0.3) is 11.8 Å². The first-order chi connectivity index (χ1) is 35.7. The molecule has 1 unspecified atom stereocenters. The van der Waals surface area contributed by atoms with Crippen molar-refractivity contribution < 1.29 is 46.7 Å². The molecular formula is C49H50BrFN13O9P. The lowest BCUT2D eigenvalue weighted by molar-refractivity contribution is -0.136. The number of carbonyl (C=O) groups excluding carboxylic acids is 5. The summed E-state index contributed by atoms with van der Waals surface area (Å²) >= 11 is 3.55. The minimum Gasteiger partial charge on any atom is -0.494 e. The molecule has 4 aliphatic rings. The van der Waals surface area contributed by atoms with Gasteiger partial charge in [0.2, 0.25) is 23.7 Å². The average Bonchev–Trinajstić information content (AvgIpc) is 3.95. The zero-order valence-corrected chi connectivity index (χ0v) is 43.1. The van der Waals surface area contributed by atoms with Gasteiger partial charge in [-0.3, -0.25) is 53.4 Å². The molecule has 1 atom stereocenters. The molecule has 3 N–H and O–H groups in total. The molecule has 25 heteroatoms. The molecule has 7 heterocycles. The van der Waals surface area contributed by atoms with E-state index in [1.807, 2.05) is 35.2 Å². The first-order valence-corrected chi connectivity index (χ1v) is 26.1. The summed E-state index contributed by atoms with van der Waals surface area (Å²) in [5, 5.41) is 13.4. The molecule has 74 heavy (non-hydrogen) atoms. The molecule has 0 spiro atoms. The summed E-state index contributed by atoms with van der Waals surface area (Å²) in [6.07, 6.45) is 9.84. The first kappa shape index (κ1) is 50.1. The third-order valence-electron chi connectivity index (χ3n) is 13.8. The van der Waals surface area contributed by atoms with Gasteiger partial charge in [-0.1, -0.05) is 0 Å². The molecule has 3 aromatic heterocycles. The number of ether oxygens (including phenoxy) is 1. The number of nitrogens with zero attached hydrogens (tertiary/aromatic N) is 10. The van der Waals surface area contributed by atoms with Crippen molar-refractivity contribution in [2.45, 2.75) is 38.1 Å². The fourth-order valence-corrected chi connectivity index (χ4v) is 11.6. The second-order valence-corrected chi connectivity index (χ2v) is 21.2. The van der Waals surface area contributed by atoms with Crippen molar-refractivity contribution in [3.05, 3.63) is 88.8 Å². The minimum absolute atomic E-state index is 0.00211. The van der Waals surface area contributed by atoms with Crippen LogP contribution in [0.3, 0.4) is 0 Å². The number of anilines is 6. The number of methoxy groups -OCH3 is 1. The number of imide groups is 2. The molecule has 10 rings (SSSR count). The van der Waals surface area contributed by atoms with Gasteiger partial charge in [0.1, 0.15) is 34.2 Å². The Kier molecular flexibility index (Phi) is 13.9. The molecule has 3 fully saturated rings. The van der Waals surface area contributed by atoms with Gasteiger partial charge in [-0.2, -0.15) is 10.1 Å². The van der Waals surface area contributed by atoms with Crippen LogP contribution in [0.25, 0.3) is 22.2 Å². The summed E-state index contributed by atoms with van der Waals surface area (Å²) in [7, 11) is 2.15. The minimum atomic E-state index is -3.86. The summed E-state index contributed by atoms with van der Waals surface area (Å²) < 4.78 is 48.5. The maximum Gasteiger partial charge on any atom is 0.365 e. The smallest absolute Gasteiger partial charge is 0.365 e. The number of amides is 5. The van der Waals surface area contributed by atoms with E-state index in [4.69, 9.17) is 18.8 Å². The maximum absolute atomic E-state index is 15.6. The van der Waals surface area contributed by atoms with Gasteiger partial charge in [0.15, 0.2) is 0 Å². The van der Waals surface area contributed by atoms with Crippen LogP contribution in [0.4, 0.5) is 38.9 Å². The Morgan fingerprint density at radius 1 is 0.838 bits per heavy atom. The summed E-state index contributed by atoms with van der Waals surface area (Å²) in [5.41, 5.74) is 4.41. The standard InChI is InChI=1S/C49H50BrFN13O9P/c1-60-26-28(24-55-60)29-21-36(57-49-54-25-32(50)45(59-49)56-35-6-5-34-43(53-12-11-52-34)44(35)74(70,72-3)73-4)40(71-2)23-38(29)62-15-17-63(18-16-62)42(66)19-27-9-13-61(14-10-27)39-22-31-30(20-33(39)51)47(68)64(48(31)69)37-7-8-41(65)58-46(37)67/h5-6,11-12,20-27,37H,7-10,13-19H2,1-4H3,(H,58,65,67)(H2,54,56,57,59). The van der Waals surface area contributed by atoms with Gasteiger partial charge < -0.3 is 39.1 Å². The zero-order chi connectivity index (χ0) is 52.0. The van der Waals surface area contributed by atoms with Crippen molar-refractivity contribution in [1.82, 2.24) is 44.8 Å². The van der Waals surface area contributed by atoms with E-state index in [1.165, 1.54) is 32.7 Å². The molecule has 384 valence electrons. The summed E-state index contributed by atoms with van der Waals surface area (Å²) in [6.45, 7) is 2.92. The van der Waals surface area contributed by atoms with Crippen LogP contribution in [0.15, 0.2) is 71.9 Å². The zero-order valence-electron chi connectivity index (χ0n) is 40.6. The molecule has 3 aromatic carbocycles. The van der Waals surface area contributed by atoms with Gasteiger partial charge in [-0.05, 0) is 71.4 Å². The van der Waals surface area contributed by atoms with E-state index in [2.05, 4.69) is 56.8 Å². The molecule has 0 saturated carbocycles. The van der Waals surface area contributed by atoms with Crippen LogP contribution in [0.1, 0.15) is 52.8 Å². The van der Waals surface area contributed by atoms with Gasteiger partial charge in [0.05, 0.1) is 51.5 Å². The van der Waals surface area contributed by atoms with Crippen LogP contribution >= 0.6 is 23.5 Å². The van der Waals surface area contributed by atoms with E-state index in [9.17, 15) is 28.5 Å². The molecule has 22 nitrogen and oxygen atoms in total. The lowest BCUT2D eigenvalue weighted by Crippen LogP contribution is -2.54. The van der Waals surface area contributed by atoms with Gasteiger partial charge in [-0.15, -0.1) is 0 Å². The van der Waals surface area contributed by atoms with Gasteiger partial charge in [-0.25, -0.2) is 9.37 Å². The van der Waals surface area contributed by atoms with E-state index < -0.39 is 43.1 Å². The Balaban J connectivity index is 0.802. The van der Waals surface area contributed by atoms with E-state index >= 15 is 4.39 Å². The maximum atomic E-state index is 15.6. The summed E-state index contributed by atoms with van der Waals surface area (Å²) in [6, 6.07) is 8.60. The third-order valence-corrected chi connectivity index (χ3v) is 16.4. The van der Waals surface area contributed by atoms with Crippen molar-refractivity contribution in [1.29, 1.82) is 0 Å². The number of fused-ring (bicyclic) bond motifs is 2. The van der Waals surface area contributed by atoms with Crippen molar-refractivity contribution in [2.24, 2.45) is 13.0 Å². The monoisotopic (exact) mass is 1090 g/mol. The van der Waals surface area contributed by atoms with Crippen LogP contribution in [-0.2, 0) is 35.0 Å². The lowest BCUT2D eigenvalue weighted by atomic mass is 9.92. The highest BCUT2D eigenvalue weighted by Gasteiger charge is 2.45. The number of hydrogen-bond donors (Lipinski definition) is 3. The van der Waals surface area contributed by atoms with Crippen molar-refractivity contribution >= 4 is 104 Å². The molecule has 0 radical (unpaired) electrons. The highest BCUT2D eigenvalue weighted by Crippen LogP contribution is 2.49. The number of nitrogens with one attached hydrogen (secondary N) is 3. The molecule has 5 amide bonds. The predicted octanol–water partition coefficient (Wildman–Crippen LogP) is 5.69. The molecule has 4 aliphatic heterocycles. The molecular weight excluding hydrogens is 1040 g/mol. The normalized spacial score (nSPS) is 17.5. The predicted molar refractivity (Wildman–Crippen MR) is 274 cm³/mol. The Labute approximate surface area is 431 Å². The number of aromatic nitrogens is 6. The highest BCUT2D eigenvalue weighted by atomic mass is 79.9. The van der Waals surface area contributed by atoms with E-state index in [0.717, 1.165) is 27.8 Å². The van der Waals surface area contributed by atoms with Crippen LogP contribution in [-0.4, -0.2) is 136 Å². The number of carbonyl (C=O) groups is 5. The number of rotatable bonds is 14. The molecule has 6 aromatic rings. The van der Waals surface area contributed by atoms with Crippen LogP contribution in [0.2, 0.25) is 0 Å². The van der Waals surface area contributed by atoms with Crippen molar-refractivity contribution in [3.8, 4) is 16.9 Å². The van der Waals surface area contributed by atoms with Gasteiger partial charge in [0, 0.05) is 121 Å². The fraction of sp³-hybridized carbons (Fsp3) is 0.347. The van der Waals surface area contributed by atoms with E-state index in [0.29, 0.717) is 97.0 Å². The number of piperazine rings is 1. The Bertz CT molecular complexity index is 3300. The Morgan fingerprint density at radius 3 is 2.24 bits per heavy atom. The van der Waals surface area contributed by atoms with E-state index in [1.54, 1.807) is 36.3 Å². The molecule has 0 bridgehead atoms. The third kappa shape index (κ3) is 9.53. The number of halogens is 2. The SMILES string of the molecule is COc1cc(N2CCN(C(=O)CC3CCN(c4cc5c(cc4F)C(=O)N(C4CCC(=O)NC4=O)C5=O)CC3)CC2)c(-c2cnn(C)c2)cc1Nc1ncc(Br)c(Nc2ccc3nccnc3c2P(=O)(OC)OC)n1. The van der Waals surface area contributed by atoms with Crippen molar-refractivity contribution in [2.75, 3.05) is 81.0 Å². The second kappa shape index (κ2) is 20.5. The topological polar surface area (TPSA) is 249 Å². The molecule has 0 aliphatic carbocycles. The van der Waals surface area contributed by atoms with Crippen LogP contribution < -0.4 is 35.8 Å². The average molecular weight is 1090 g/mol. The van der Waals surface area contributed by atoms with Gasteiger partial charge >= 0.3 is 7.60 Å².